The first kappa shape index (κ1) is 14.1. The molecule has 0 radical (unpaired) electrons. The van der Waals surface area contributed by atoms with Crippen molar-refractivity contribution in [3.05, 3.63) is 65.4 Å². The SMILES string of the molecule is Cc1cccc(C)c1NC(=O)C(=O)c1c[nH]c2ccccc12. The van der Waals surface area contributed by atoms with Crippen molar-refractivity contribution in [2.24, 2.45) is 0 Å². The van der Waals surface area contributed by atoms with E-state index in [0.717, 1.165) is 22.0 Å². The molecule has 1 heterocycles. The number of amides is 1. The van der Waals surface area contributed by atoms with Crippen molar-refractivity contribution in [2.75, 3.05) is 5.32 Å². The second-order valence-corrected chi connectivity index (χ2v) is 5.30. The minimum Gasteiger partial charge on any atom is -0.360 e. The molecule has 0 bridgehead atoms. The van der Waals surface area contributed by atoms with Crippen molar-refractivity contribution in [2.45, 2.75) is 13.8 Å². The van der Waals surface area contributed by atoms with E-state index in [1.165, 1.54) is 0 Å². The fraction of sp³-hybridized carbons (Fsp3) is 0.111. The number of hydrogen-bond acceptors (Lipinski definition) is 2. The minimum atomic E-state index is -0.623. The maximum absolute atomic E-state index is 12.4. The lowest BCUT2D eigenvalue weighted by atomic mass is 10.1. The molecule has 110 valence electrons. The summed E-state index contributed by atoms with van der Waals surface area (Å²) < 4.78 is 0. The first-order valence-electron chi connectivity index (χ1n) is 7.06. The van der Waals surface area contributed by atoms with Crippen molar-refractivity contribution in [3.63, 3.8) is 0 Å². The number of carbonyl (C=O) groups excluding carboxylic acids is 2. The summed E-state index contributed by atoms with van der Waals surface area (Å²) in [6.07, 6.45) is 1.58. The Morgan fingerprint density at radius 2 is 1.64 bits per heavy atom. The lowest BCUT2D eigenvalue weighted by Gasteiger charge is -2.10. The van der Waals surface area contributed by atoms with Gasteiger partial charge in [-0.15, -0.1) is 0 Å². The highest BCUT2D eigenvalue weighted by Crippen LogP contribution is 2.21. The molecule has 0 spiro atoms. The van der Waals surface area contributed by atoms with Crippen molar-refractivity contribution in [1.29, 1.82) is 0 Å². The summed E-state index contributed by atoms with van der Waals surface area (Å²) >= 11 is 0. The fourth-order valence-corrected chi connectivity index (χ4v) is 2.56. The molecule has 3 aromatic rings. The van der Waals surface area contributed by atoms with E-state index in [4.69, 9.17) is 0 Å². The number of carbonyl (C=O) groups is 2. The maximum Gasteiger partial charge on any atom is 0.296 e. The smallest absolute Gasteiger partial charge is 0.296 e. The van der Waals surface area contributed by atoms with Crippen LogP contribution in [-0.2, 0) is 4.79 Å². The molecule has 0 aliphatic heterocycles. The van der Waals surface area contributed by atoms with Crippen LogP contribution in [0.3, 0.4) is 0 Å². The zero-order chi connectivity index (χ0) is 15.7. The van der Waals surface area contributed by atoms with Crippen molar-refractivity contribution < 1.29 is 9.59 Å². The Morgan fingerprint density at radius 3 is 2.36 bits per heavy atom. The number of benzene rings is 2. The van der Waals surface area contributed by atoms with E-state index >= 15 is 0 Å². The number of anilines is 1. The van der Waals surface area contributed by atoms with Gasteiger partial charge in [0.25, 0.3) is 11.7 Å². The van der Waals surface area contributed by atoms with Gasteiger partial charge in [-0.2, -0.15) is 0 Å². The number of aromatic amines is 1. The molecule has 0 fully saturated rings. The topological polar surface area (TPSA) is 62.0 Å². The van der Waals surface area contributed by atoms with Gasteiger partial charge in [0.1, 0.15) is 0 Å². The molecule has 3 rings (SSSR count). The Morgan fingerprint density at radius 1 is 0.955 bits per heavy atom. The Kier molecular flexibility index (Phi) is 3.51. The highest BCUT2D eigenvalue weighted by atomic mass is 16.2. The third kappa shape index (κ3) is 2.39. The molecule has 0 atom stereocenters. The summed E-state index contributed by atoms with van der Waals surface area (Å²) in [6, 6.07) is 13.1. The molecule has 0 aliphatic carbocycles. The predicted molar refractivity (Wildman–Crippen MR) is 87.2 cm³/mol. The minimum absolute atomic E-state index is 0.388. The van der Waals surface area contributed by atoms with E-state index in [1.807, 2.05) is 56.3 Å². The van der Waals surface area contributed by atoms with Gasteiger partial charge in [0.05, 0.1) is 5.56 Å². The number of hydrogen-bond donors (Lipinski definition) is 2. The van der Waals surface area contributed by atoms with Gasteiger partial charge < -0.3 is 10.3 Å². The van der Waals surface area contributed by atoms with E-state index in [0.29, 0.717) is 11.3 Å². The molecule has 1 aromatic heterocycles. The third-order valence-corrected chi connectivity index (χ3v) is 3.76. The Hall–Kier alpha value is -2.88. The Labute approximate surface area is 128 Å². The van der Waals surface area contributed by atoms with E-state index in [2.05, 4.69) is 10.3 Å². The molecule has 0 saturated carbocycles. The monoisotopic (exact) mass is 292 g/mol. The zero-order valence-electron chi connectivity index (χ0n) is 12.4. The van der Waals surface area contributed by atoms with E-state index < -0.39 is 11.7 Å². The van der Waals surface area contributed by atoms with Gasteiger partial charge in [0, 0.05) is 22.8 Å². The molecular formula is C18H16N2O2. The van der Waals surface area contributed by atoms with E-state index in [-0.39, 0.29) is 0 Å². The molecule has 0 aliphatic rings. The maximum atomic E-state index is 12.4. The van der Waals surface area contributed by atoms with Gasteiger partial charge in [-0.3, -0.25) is 9.59 Å². The highest BCUT2D eigenvalue weighted by Gasteiger charge is 2.20. The standard InChI is InChI=1S/C18H16N2O2/c1-11-6-5-7-12(2)16(11)20-18(22)17(21)14-10-19-15-9-4-3-8-13(14)15/h3-10,19H,1-2H3,(H,20,22). The molecule has 2 N–H and O–H groups in total. The van der Waals surface area contributed by atoms with Crippen LogP contribution in [0.2, 0.25) is 0 Å². The largest absolute Gasteiger partial charge is 0.360 e. The second-order valence-electron chi connectivity index (χ2n) is 5.30. The number of para-hydroxylation sites is 2. The number of ketones is 1. The van der Waals surface area contributed by atoms with Crippen molar-refractivity contribution >= 4 is 28.3 Å². The zero-order valence-corrected chi connectivity index (χ0v) is 12.4. The number of aryl methyl sites for hydroxylation is 2. The van der Waals surface area contributed by atoms with Crippen molar-refractivity contribution in [3.8, 4) is 0 Å². The summed E-state index contributed by atoms with van der Waals surface area (Å²) in [6.45, 7) is 3.80. The second kappa shape index (κ2) is 5.48. The van der Waals surface area contributed by atoms with Gasteiger partial charge in [0.2, 0.25) is 0 Å². The number of nitrogens with one attached hydrogen (secondary N) is 2. The van der Waals surface area contributed by atoms with Crippen LogP contribution in [0.4, 0.5) is 5.69 Å². The first-order chi connectivity index (χ1) is 10.6. The molecule has 4 heteroatoms. The molecule has 0 unspecified atom stereocenters. The number of rotatable bonds is 3. The fourth-order valence-electron chi connectivity index (χ4n) is 2.56. The molecule has 0 saturated heterocycles. The van der Waals surface area contributed by atoms with Gasteiger partial charge in [-0.05, 0) is 31.0 Å². The first-order valence-corrected chi connectivity index (χ1v) is 7.06. The number of H-pyrrole nitrogens is 1. The number of Topliss-reactive ketones (excluding diaryl/α,β-unsaturated/α-hetero) is 1. The Bertz CT molecular complexity index is 857. The highest BCUT2D eigenvalue weighted by molar-refractivity contribution is 6.48. The normalized spacial score (nSPS) is 10.6. The number of fused-ring (bicyclic) bond motifs is 1. The average molecular weight is 292 g/mol. The predicted octanol–water partition coefficient (Wildman–Crippen LogP) is 3.61. The van der Waals surface area contributed by atoms with Gasteiger partial charge in [-0.1, -0.05) is 36.4 Å². The third-order valence-electron chi connectivity index (χ3n) is 3.76. The summed E-state index contributed by atoms with van der Waals surface area (Å²) in [5, 5.41) is 3.48. The van der Waals surface area contributed by atoms with Crippen LogP contribution in [0.15, 0.2) is 48.7 Å². The molecule has 1 amide bonds. The summed E-state index contributed by atoms with van der Waals surface area (Å²) in [5.41, 5.74) is 3.78. The summed E-state index contributed by atoms with van der Waals surface area (Å²) in [4.78, 5) is 27.7. The average Bonchev–Trinajstić information content (AvgIpc) is 2.94. The molecular weight excluding hydrogens is 276 g/mol. The lowest BCUT2D eigenvalue weighted by Crippen LogP contribution is -2.23. The summed E-state index contributed by atoms with van der Waals surface area (Å²) in [7, 11) is 0. The van der Waals surface area contributed by atoms with Crippen LogP contribution >= 0.6 is 0 Å². The molecule has 22 heavy (non-hydrogen) atoms. The van der Waals surface area contributed by atoms with Crippen LogP contribution in [-0.4, -0.2) is 16.7 Å². The van der Waals surface area contributed by atoms with E-state index in [9.17, 15) is 9.59 Å². The van der Waals surface area contributed by atoms with Crippen molar-refractivity contribution in [1.82, 2.24) is 4.98 Å². The van der Waals surface area contributed by atoms with Gasteiger partial charge >= 0.3 is 0 Å². The Balaban J connectivity index is 1.91. The quantitative estimate of drug-likeness (QED) is 0.572. The van der Waals surface area contributed by atoms with Crippen LogP contribution in [0, 0.1) is 13.8 Å². The summed E-state index contributed by atoms with van der Waals surface area (Å²) in [5.74, 6) is -1.16. The lowest BCUT2D eigenvalue weighted by molar-refractivity contribution is -0.112. The van der Waals surface area contributed by atoms with E-state index in [1.54, 1.807) is 6.20 Å². The molecule has 2 aromatic carbocycles. The molecule has 4 nitrogen and oxygen atoms in total. The van der Waals surface area contributed by atoms with Crippen LogP contribution < -0.4 is 5.32 Å². The van der Waals surface area contributed by atoms with Gasteiger partial charge in [-0.25, -0.2) is 0 Å². The van der Waals surface area contributed by atoms with Crippen LogP contribution in [0.1, 0.15) is 21.5 Å². The number of aromatic nitrogens is 1. The van der Waals surface area contributed by atoms with Crippen LogP contribution in [0.25, 0.3) is 10.9 Å². The van der Waals surface area contributed by atoms with Crippen LogP contribution in [0.5, 0.6) is 0 Å². The van der Waals surface area contributed by atoms with Gasteiger partial charge in [0.15, 0.2) is 0 Å².